The van der Waals surface area contributed by atoms with Crippen LogP contribution in [0.4, 0.5) is 5.69 Å². The van der Waals surface area contributed by atoms with Gasteiger partial charge in [-0.05, 0) is 38.9 Å². The van der Waals surface area contributed by atoms with E-state index in [0.717, 1.165) is 42.5 Å². The monoisotopic (exact) mass is 267 g/mol. The van der Waals surface area contributed by atoms with Crippen LogP contribution in [0.2, 0.25) is 0 Å². The second-order valence-corrected chi connectivity index (χ2v) is 5.77. The molecular weight excluding hydrogens is 246 g/mol. The molecule has 1 aliphatic rings. The Morgan fingerprint density at radius 2 is 2.28 bits per heavy atom. The summed E-state index contributed by atoms with van der Waals surface area (Å²) in [5.74, 6) is 0. The molecule has 0 aliphatic carbocycles. The molecule has 0 spiro atoms. The van der Waals surface area contributed by atoms with Gasteiger partial charge in [0.15, 0.2) is 0 Å². The van der Waals surface area contributed by atoms with Gasteiger partial charge in [0, 0.05) is 19.6 Å². The standard InChI is InChI=1S/C13H21N3OS/c1-15(2)9-11-12(4-5-13(14-11)18-3)16-7-6-10(17)8-16/h4-5,10,17H,6-9H2,1-3H3. The highest BCUT2D eigenvalue weighted by Gasteiger charge is 2.23. The van der Waals surface area contributed by atoms with Crippen molar-refractivity contribution in [1.29, 1.82) is 0 Å². The largest absolute Gasteiger partial charge is 0.391 e. The van der Waals surface area contributed by atoms with Crippen LogP contribution in [0.1, 0.15) is 12.1 Å². The number of hydrogen-bond acceptors (Lipinski definition) is 5. The van der Waals surface area contributed by atoms with Gasteiger partial charge in [0.2, 0.25) is 0 Å². The fraction of sp³-hybridized carbons (Fsp3) is 0.615. The van der Waals surface area contributed by atoms with Crippen molar-refractivity contribution in [2.75, 3.05) is 38.3 Å². The van der Waals surface area contributed by atoms with E-state index in [0.29, 0.717) is 0 Å². The van der Waals surface area contributed by atoms with Crippen LogP contribution in [0.3, 0.4) is 0 Å². The first-order valence-corrected chi connectivity index (χ1v) is 7.44. The van der Waals surface area contributed by atoms with Gasteiger partial charge in [-0.3, -0.25) is 0 Å². The lowest BCUT2D eigenvalue weighted by molar-refractivity contribution is 0.198. The van der Waals surface area contributed by atoms with Crippen molar-refractivity contribution in [2.24, 2.45) is 0 Å². The average molecular weight is 267 g/mol. The lowest BCUT2D eigenvalue weighted by Crippen LogP contribution is -2.24. The van der Waals surface area contributed by atoms with E-state index in [2.05, 4.69) is 36.0 Å². The quantitative estimate of drug-likeness (QED) is 0.836. The van der Waals surface area contributed by atoms with Gasteiger partial charge in [-0.25, -0.2) is 4.98 Å². The third kappa shape index (κ3) is 3.16. The molecule has 1 saturated heterocycles. The fourth-order valence-electron chi connectivity index (χ4n) is 2.25. The zero-order chi connectivity index (χ0) is 13.1. The summed E-state index contributed by atoms with van der Waals surface area (Å²) < 4.78 is 0. The molecule has 1 unspecified atom stereocenters. The first-order chi connectivity index (χ1) is 8.60. The highest BCUT2D eigenvalue weighted by atomic mass is 32.2. The molecule has 18 heavy (non-hydrogen) atoms. The molecule has 0 amide bonds. The van der Waals surface area contributed by atoms with Gasteiger partial charge >= 0.3 is 0 Å². The molecule has 0 bridgehead atoms. The molecule has 2 heterocycles. The van der Waals surface area contributed by atoms with E-state index in [4.69, 9.17) is 4.98 Å². The zero-order valence-corrected chi connectivity index (χ0v) is 12.1. The Balaban J connectivity index is 2.27. The van der Waals surface area contributed by atoms with Gasteiger partial charge in [-0.1, -0.05) is 0 Å². The van der Waals surface area contributed by atoms with Crippen molar-refractivity contribution in [1.82, 2.24) is 9.88 Å². The Hall–Kier alpha value is -0.780. The second kappa shape index (κ2) is 5.91. The van der Waals surface area contributed by atoms with E-state index >= 15 is 0 Å². The minimum atomic E-state index is -0.197. The summed E-state index contributed by atoms with van der Waals surface area (Å²) in [5.41, 5.74) is 2.26. The summed E-state index contributed by atoms with van der Waals surface area (Å²) in [6.45, 7) is 2.47. The molecule has 1 atom stereocenters. The van der Waals surface area contributed by atoms with Gasteiger partial charge in [-0.15, -0.1) is 11.8 Å². The van der Waals surface area contributed by atoms with Crippen LogP contribution in [-0.2, 0) is 6.54 Å². The van der Waals surface area contributed by atoms with Crippen LogP contribution >= 0.6 is 11.8 Å². The molecule has 1 fully saturated rings. The number of anilines is 1. The predicted octanol–water partition coefficient (Wildman–Crippen LogP) is 1.44. The van der Waals surface area contributed by atoms with Crippen LogP contribution in [0.25, 0.3) is 0 Å². The molecule has 0 aromatic carbocycles. The van der Waals surface area contributed by atoms with Crippen LogP contribution in [0, 0.1) is 0 Å². The molecule has 1 aromatic rings. The smallest absolute Gasteiger partial charge is 0.0962 e. The summed E-state index contributed by atoms with van der Waals surface area (Å²) in [5, 5.41) is 10.7. The second-order valence-electron chi connectivity index (χ2n) is 4.95. The summed E-state index contributed by atoms with van der Waals surface area (Å²) in [6, 6.07) is 4.19. The SMILES string of the molecule is CSc1ccc(N2CCC(O)C2)c(CN(C)C)n1. The van der Waals surface area contributed by atoms with Crippen LogP contribution in [-0.4, -0.2) is 54.5 Å². The normalized spacial score (nSPS) is 19.8. The van der Waals surface area contributed by atoms with Crippen molar-refractivity contribution >= 4 is 17.4 Å². The first kappa shape index (κ1) is 13.6. The molecule has 1 N–H and O–H groups in total. The Bertz CT molecular complexity index is 411. The first-order valence-electron chi connectivity index (χ1n) is 6.22. The number of nitrogens with zero attached hydrogens (tertiary/aromatic N) is 3. The predicted molar refractivity (Wildman–Crippen MR) is 76.2 cm³/mol. The molecule has 4 nitrogen and oxygen atoms in total. The maximum absolute atomic E-state index is 9.66. The van der Waals surface area contributed by atoms with Crippen LogP contribution in [0.15, 0.2) is 17.2 Å². The van der Waals surface area contributed by atoms with Gasteiger partial charge < -0.3 is 14.9 Å². The molecule has 2 rings (SSSR count). The molecule has 1 aliphatic heterocycles. The maximum Gasteiger partial charge on any atom is 0.0962 e. The van der Waals surface area contributed by atoms with E-state index in [1.165, 1.54) is 0 Å². The van der Waals surface area contributed by atoms with Crippen molar-refractivity contribution in [3.63, 3.8) is 0 Å². The minimum absolute atomic E-state index is 0.197. The number of pyridine rings is 1. The summed E-state index contributed by atoms with van der Waals surface area (Å²) >= 11 is 1.66. The lowest BCUT2D eigenvalue weighted by atomic mass is 10.2. The van der Waals surface area contributed by atoms with Gasteiger partial charge in [-0.2, -0.15) is 0 Å². The van der Waals surface area contributed by atoms with E-state index < -0.39 is 0 Å². The molecule has 0 saturated carbocycles. The fourth-order valence-corrected chi connectivity index (χ4v) is 2.66. The third-order valence-corrected chi connectivity index (χ3v) is 3.75. The molecule has 5 heteroatoms. The highest BCUT2D eigenvalue weighted by Crippen LogP contribution is 2.26. The number of aromatic nitrogens is 1. The Labute approximate surface area is 113 Å². The van der Waals surface area contributed by atoms with Crippen molar-refractivity contribution in [3.05, 3.63) is 17.8 Å². The van der Waals surface area contributed by atoms with E-state index in [1.807, 2.05) is 6.26 Å². The Kier molecular flexibility index (Phi) is 4.48. The van der Waals surface area contributed by atoms with Crippen molar-refractivity contribution in [2.45, 2.75) is 24.1 Å². The van der Waals surface area contributed by atoms with Crippen molar-refractivity contribution in [3.8, 4) is 0 Å². The topological polar surface area (TPSA) is 39.6 Å². The van der Waals surface area contributed by atoms with Gasteiger partial charge in [0.05, 0.1) is 22.5 Å². The Morgan fingerprint density at radius 3 is 2.83 bits per heavy atom. The number of β-amino-alcohol motifs (C(OH)–C–C–N with tert-alkyl or cyclic N) is 1. The number of aliphatic hydroxyl groups is 1. The number of thioether (sulfide) groups is 1. The van der Waals surface area contributed by atoms with E-state index in [-0.39, 0.29) is 6.10 Å². The highest BCUT2D eigenvalue weighted by molar-refractivity contribution is 7.98. The molecule has 100 valence electrons. The summed E-state index contributed by atoms with van der Waals surface area (Å²) in [4.78, 5) is 9.06. The average Bonchev–Trinajstić information content (AvgIpc) is 2.74. The third-order valence-electron chi connectivity index (χ3n) is 3.10. The van der Waals surface area contributed by atoms with Gasteiger partial charge in [0.1, 0.15) is 0 Å². The molecule has 1 aromatic heterocycles. The Morgan fingerprint density at radius 1 is 1.50 bits per heavy atom. The zero-order valence-electron chi connectivity index (χ0n) is 11.3. The molecule has 0 radical (unpaired) electrons. The number of aliphatic hydroxyl groups excluding tert-OH is 1. The lowest BCUT2D eigenvalue weighted by Gasteiger charge is -2.22. The summed E-state index contributed by atoms with van der Waals surface area (Å²) in [6.07, 6.45) is 2.70. The van der Waals surface area contributed by atoms with Crippen LogP contribution in [0.5, 0.6) is 0 Å². The minimum Gasteiger partial charge on any atom is -0.391 e. The van der Waals surface area contributed by atoms with Gasteiger partial charge in [0.25, 0.3) is 0 Å². The van der Waals surface area contributed by atoms with Crippen LogP contribution < -0.4 is 4.90 Å². The summed E-state index contributed by atoms with van der Waals surface area (Å²) in [7, 11) is 4.10. The van der Waals surface area contributed by atoms with Crippen molar-refractivity contribution < 1.29 is 5.11 Å². The number of rotatable bonds is 4. The van der Waals surface area contributed by atoms with E-state index in [9.17, 15) is 5.11 Å². The number of hydrogen-bond donors (Lipinski definition) is 1. The maximum atomic E-state index is 9.66. The van der Waals surface area contributed by atoms with E-state index in [1.54, 1.807) is 11.8 Å². The molecular formula is C13H21N3OS.